The summed E-state index contributed by atoms with van der Waals surface area (Å²) in [5.74, 6) is 1.77. The van der Waals surface area contributed by atoms with Gasteiger partial charge in [-0.05, 0) is 6.42 Å². The van der Waals surface area contributed by atoms with E-state index in [-0.39, 0.29) is 0 Å². The number of nitrogens with zero attached hydrogens (tertiary/aromatic N) is 4. The number of nitrogens with two attached hydrogens (primary N) is 1. The van der Waals surface area contributed by atoms with Gasteiger partial charge in [0.1, 0.15) is 18.0 Å². The highest BCUT2D eigenvalue weighted by molar-refractivity contribution is 5.54. The van der Waals surface area contributed by atoms with Crippen LogP contribution in [0.4, 0.5) is 11.6 Å². The molecule has 0 radical (unpaired) electrons. The Balaban J connectivity index is 2.12. The predicted molar refractivity (Wildman–Crippen MR) is 57.4 cm³/mol. The van der Waals surface area contributed by atoms with E-state index in [4.69, 9.17) is 5.73 Å². The third-order valence-corrected chi connectivity index (χ3v) is 2.15. The maximum atomic E-state index is 5.74. The van der Waals surface area contributed by atoms with E-state index < -0.39 is 0 Å². The Kier molecular flexibility index (Phi) is 2.95. The molecule has 0 saturated carbocycles. The first kappa shape index (κ1) is 10.3. The van der Waals surface area contributed by atoms with Crippen LogP contribution in [0.15, 0.2) is 17.2 Å². The molecule has 2 heterocycles. The van der Waals surface area contributed by atoms with Gasteiger partial charge in [-0.25, -0.2) is 9.97 Å². The summed E-state index contributed by atoms with van der Waals surface area (Å²) in [6, 6.07) is 0. The van der Waals surface area contributed by atoms with Crippen molar-refractivity contribution in [1.82, 2.24) is 20.1 Å². The van der Waals surface area contributed by atoms with Crippen molar-refractivity contribution in [2.45, 2.75) is 19.9 Å². The van der Waals surface area contributed by atoms with Crippen LogP contribution in [0.2, 0.25) is 0 Å². The Labute approximate surface area is 92.1 Å². The van der Waals surface area contributed by atoms with Gasteiger partial charge in [0.2, 0.25) is 6.39 Å². The van der Waals surface area contributed by atoms with Crippen LogP contribution in [0.25, 0.3) is 0 Å². The Bertz CT molecular complexity index is 455. The lowest BCUT2D eigenvalue weighted by Crippen LogP contribution is -2.08. The van der Waals surface area contributed by atoms with Crippen LogP contribution in [0.5, 0.6) is 0 Å². The third-order valence-electron chi connectivity index (χ3n) is 2.15. The van der Waals surface area contributed by atoms with Gasteiger partial charge in [0, 0.05) is 5.56 Å². The summed E-state index contributed by atoms with van der Waals surface area (Å²) in [5, 5.41) is 6.78. The van der Waals surface area contributed by atoms with Crippen LogP contribution < -0.4 is 11.1 Å². The van der Waals surface area contributed by atoms with Gasteiger partial charge in [-0.3, -0.25) is 0 Å². The van der Waals surface area contributed by atoms with Gasteiger partial charge in [-0.1, -0.05) is 12.1 Å². The number of rotatable bonds is 4. The molecule has 2 rings (SSSR count). The van der Waals surface area contributed by atoms with Crippen molar-refractivity contribution >= 4 is 11.6 Å². The van der Waals surface area contributed by atoms with Crippen LogP contribution in [0.1, 0.15) is 18.3 Å². The van der Waals surface area contributed by atoms with Gasteiger partial charge in [0.15, 0.2) is 5.82 Å². The summed E-state index contributed by atoms with van der Waals surface area (Å²) in [7, 11) is 0. The van der Waals surface area contributed by atoms with Crippen molar-refractivity contribution in [3.63, 3.8) is 0 Å². The molecular formula is C9H12N6O. The van der Waals surface area contributed by atoms with Crippen LogP contribution >= 0.6 is 0 Å². The summed E-state index contributed by atoms with van der Waals surface area (Å²) in [5.41, 5.74) is 6.63. The zero-order valence-corrected chi connectivity index (χ0v) is 8.84. The zero-order chi connectivity index (χ0) is 11.4. The van der Waals surface area contributed by atoms with Gasteiger partial charge in [0.05, 0.1) is 6.54 Å². The summed E-state index contributed by atoms with van der Waals surface area (Å²) < 4.78 is 4.62. The minimum atomic E-state index is 0.444. The molecule has 0 atom stereocenters. The first-order valence-electron chi connectivity index (χ1n) is 4.89. The van der Waals surface area contributed by atoms with Gasteiger partial charge in [-0.2, -0.15) is 4.98 Å². The van der Waals surface area contributed by atoms with E-state index in [9.17, 15) is 0 Å². The normalized spacial score (nSPS) is 10.3. The van der Waals surface area contributed by atoms with E-state index in [1.807, 2.05) is 6.92 Å². The van der Waals surface area contributed by atoms with Crippen LogP contribution in [0, 0.1) is 0 Å². The molecule has 3 N–H and O–H groups in total. The molecule has 0 unspecified atom stereocenters. The van der Waals surface area contributed by atoms with E-state index in [2.05, 4.69) is 29.9 Å². The molecule has 0 saturated heterocycles. The highest BCUT2D eigenvalue weighted by atomic mass is 16.5. The highest BCUT2D eigenvalue weighted by Crippen LogP contribution is 2.17. The SMILES string of the molecule is CCc1c(N)ncnc1NCc1ncon1. The van der Waals surface area contributed by atoms with Crippen molar-refractivity contribution in [3.05, 3.63) is 24.1 Å². The van der Waals surface area contributed by atoms with Crippen LogP contribution in [-0.4, -0.2) is 20.1 Å². The van der Waals surface area contributed by atoms with Crippen molar-refractivity contribution in [1.29, 1.82) is 0 Å². The van der Waals surface area contributed by atoms with Gasteiger partial charge in [-0.15, -0.1) is 0 Å². The maximum Gasteiger partial charge on any atom is 0.213 e. The van der Waals surface area contributed by atoms with E-state index in [1.54, 1.807) is 0 Å². The molecular weight excluding hydrogens is 208 g/mol. The number of nitrogens with one attached hydrogen (secondary N) is 1. The second kappa shape index (κ2) is 4.56. The minimum Gasteiger partial charge on any atom is -0.383 e. The average molecular weight is 220 g/mol. The zero-order valence-electron chi connectivity index (χ0n) is 8.84. The first-order chi connectivity index (χ1) is 7.81. The fourth-order valence-electron chi connectivity index (χ4n) is 1.36. The molecule has 0 aliphatic rings. The number of aromatic nitrogens is 4. The predicted octanol–water partition coefficient (Wildman–Crippen LogP) is 0.616. The monoisotopic (exact) mass is 220 g/mol. The van der Waals surface area contributed by atoms with E-state index in [1.165, 1.54) is 12.7 Å². The summed E-state index contributed by atoms with van der Waals surface area (Å²) in [6.07, 6.45) is 3.47. The largest absolute Gasteiger partial charge is 0.383 e. The molecule has 7 heteroatoms. The minimum absolute atomic E-state index is 0.444. The molecule has 2 aromatic rings. The van der Waals surface area contributed by atoms with Gasteiger partial charge >= 0.3 is 0 Å². The quantitative estimate of drug-likeness (QED) is 0.778. The topological polar surface area (TPSA) is 103 Å². The fourth-order valence-corrected chi connectivity index (χ4v) is 1.36. The lowest BCUT2D eigenvalue weighted by molar-refractivity contribution is 0.411. The summed E-state index contributed by atoms with van der Waals surface area (Å²) in [6.45, 7) is 2.44. The smallest absolute Gasteiger partial charge is 0.213 e. The van der Waals surface area contributed by atoms with Crippen molar-refractivity contribution in [2.75, 3.05) is 11.1 Å². The van der Waals surface area contributed by atoms with Crippen molar-refractivity contribution < 1.29 is 4.52 Å². The molecule has 0 amide bonds. The molecule has 7 nitrogen and oxygen atoms in total. The maximum absolute atomic E-state index is 5.74. The van der Waals surface area contributed by atoms with Crippen LogP contribution in [0.3, 0.4) is 0 Å². The standard InChI is InChI=1S/C9H12N6O/c1-2-6-8(10)12-4-13-9(6)11-3-7-14-5-16-15-7/h4-5H,2-3H2,1H3,(H3,10,11,12,13). The number of anilines is 2. The average Bonchev–Trinajstić information content (AvgIpc) is 2.79. The third kappa shape index (κ3) is 2.08. The van der Waals surface area contributed by atoms with E-state index in [0.29, 0.717) is 24.0 Å². The highest BCUT2D eigenvalue weighted by Gasteiger charge is 2.07. The lowest BCUT2D eigenvalue weighted by atomic mass is 10.2. The number of hydrogen-bond acceptors (Lipinski definition) is 7. The molecule has 2 aromatic heterocycles. The number of nitrogen functional groups attached to an aromatic ring is 1. The fraction of sp³-hybridized carbons (Fsp3) is 0.333. The Morgan fingerprint density at radius 2 is 2.25 bits per heavy atom. The Morgan fingerprint density at radius 1 is 1.38 bits per heavy atom. The van der Waals surface area contributed by atoms with Crippen LogP contribution in [-0.2, 0) is 13.0 Å². The molecule has 84 valence electrons. The van der Waals surface area contributed by atoms with Crippen molar-refractivity contribution in [3.8, 4) is 0 Å². The summed E-state index contributed by atoms with van der Waals surface area (Å²) in [4.78, 5) is 11.9. The number of hydrogen-bond donors (Lipinski definition) is 2. The Hall–Kier alpha value is -2.18. The molecule has 0 bridgehead atoms. The Morgan fingerprint density at radius 3 is 2.94 bits per heavy atom. The van der Waals surface area contributed by atoms with Gasteiger partial charge < -0.3 is 15.6 Å². The lowest BCUT2D eigenvalue weighted by Gasteiger charge is -2.09. The first-order valence-corrected chi connectivity index (χ1v) is 4.89. The molecule has 0 aliphatic carbocycles. The van der Waals surface area contributed by atoms with E-state index in [0.717, 1.165) is 12.0 Å². The molecule has 0 aromatic carbocycles. The summed E-state index contributed by atoms with van der Waals surface area (Å²) >= 11 is 0. The van der Waals surface area contributed by atoms with Crippen molar-refractivity contribution in [2.24, 2.45) is 0 Å². The molecule has 0 aliphatic heterocycles. The molecule has 0 fully saturated rings. The van der Waals surface area contributed by atoms with Gasteiger partial charge in [0.25, 0.3) is 0 Å². The second-order valence-electron chi connectivity index (χ2n) is 3.14. The molecule has 16 heavy (non-hydrogen) atoms. The van der Waals surface area contributed by atoms with E-state index >= 15 is 0 Å². The second-order valence-corrected chi connectivity index (χ2v) is 3.14. The molecule has 0 spiro atoms.